The molecule has 0 unspecified atom stereocenters. The first kappa shape index (κ1) is 17.6. The third-order valence-electron chi connectivity index (χ3n) is 3.83. The van der Waals surface area contributed by atoms with Crippen LogP contribution in [0.2, 0.25) is 0 Å². The van der Waals surface area contributed by atoms with Gasteiger partial charge in [-0.15, -0.1) is 13.2 Å². The third kappa shape index (κ3) is 3.39. The summed E-state index contributed by atoms with van der Waals surface area (Å²) in [6.07, 6.45) is 1.05. The maximum Gasteiger partial charge on any atom is 0.573 e. The van der Waals surface area contributed by atoms with Crippen molar-refractivity contribution >= 4 is 11.0 Å². The normalized spacial score (nSPS) is 11.5. The van der Waals surface area contributed by atoms with Crippen LogP contribution in [0, 0.1) is 0 Å². The molecule has 0 aliphatic carbocycles. The summed E-state index contributed by atoms with van der Waals surface area (Å²) in [6.45, 7) is 0. The first-order valence-corrected chi connectivity index (χ1v) is 7.93. The van der Waals surface area contributed by atoms with Crippen molar-refractivity contribution in [1.82, 2.24) is 24.7 Å². The number of hydrogen-bond acceptors (Lipinski definition) is 6. The van der Waals surface area contributed by atoms with Crippen molar-refractivity contribution in [3.05, 3.63) is 71.5 Å². The monoisotopic (exact) mass is 385 g/mol. The number of ether oxygens (including phenoxy) is 1. The Morgan fingerprint density at radius 1 is 0.929 bits per heavy atom. The standard InChI is InChI=1S/C18H10F3N5O2/c19-18(20,21)28-12-5-3-11(4-6-12)26-10-13(14-2-1-7-24-25-14)15-16(17(26)27)23-9-8-22-15/h1-10H. The lowest BCUT2D eigenvalue weighted by Gasteiger charge is -2.12. The molecular weight excluding hydrogens is 375 g/mol. The van der Waals surface area contributed by atoms with Crippen molar-refractivity contribution in [3.63, 3.8) is 0 Å². The summed E-state index contributed by atoms with van der Waals surface area (Å²) in [5.41, 5.74) is 1.28. The van der Waals surface area contributed by atoms with E-state index in [2.05, 4.69) is 24.9 Å². The smallest absolute Gasteiger partial charge is 0.406 e. The molecule has 0 fully saturated rings. The van der Waals surface area contributed by atoms with Crippen LogP contribution < -0.4 is 10.3 Å². The van der Waals surface area contributed by atoms with Gasteiger partial charge in [-0.05, 0) is 36.4 Å². The Hall–Kier alpha value is -3.82. The van der Waals surface area contributed by atoms with Crippen molar-refractivity contribution in [2.24, 2.45) is 0 Å². The van der Waals surface area contributed by atoms with Crippen molar-refractivity contribution < 1.29 is 17.9 Å². The van der Waals surface area contributed by atoms with Crippen LogP contribution in [0.1, 0.15) is 0 Å². The fraction of sp³-hybridized carbons (Fsp3) is 0.0556. The van der Waals surface area contributed by atoms with Crippen molar-refractivity contribution in [2.45, 2.75) is 6.36 Å². The first-order chi connectivity index (χ1) is 13.4. The van der Waals surface area contributed by atoms with Crippen LogP contribution in [-0.4, -0.2) is 31.1 Å². The van der Waals surface area contributed by atoms with E-state index in [1.54, 1.807) is 12.1 Å². The Morgan fingerprint density at radius 3 is 2.29 bits per heavy atom. The number of hydrogen-bond donors (Lipinski definition) is 0. The van der Waals surface area contributed by atoms with E-state index < -0.39 is 11.9 Å². The van der Waals surface area contributed by atoms with E-state index in [1.807, 2.05) is 0 Å². The van der Waals surface area contributed by atoms with Gasteiger partial charge in [-0.3, -0.25) is 14.3 Å². The fourth-order valence-corrected chi connectivity index (χ4v) is 2.69. The van der Waals surface area contributed by atoms with Gasteiger partial charge in [0.25, 0.3) is 5.56 Å². The Kier molecular flexibility index (Phi) is 4.22. The second kappa shape index (κ2) is 6.72. The first-order valence-electron chi connectivity index (χ1n) is 7.93. The van der Waals surface area contributed by atoms with Crippen LogP contribution in [0.25, 0.3) is 28.0 Å². The van der Waals surface area contributed by atoms with Gasteiger partial charge in [0.1, 0.15) is 11.3 Å². The van der Waals surface area contributed by atoms with Crippen LogP contribution in [0.3, 0.4) is 0 Å². The van der Waals surface area contributed by atoms with E-state index in [0.717, 1.165) is 12.1 Å². The largest absolute Gasteiger partial charge is 0.573 e. The fourth-order valence-electron chi connectivity index (χ4n) is 2.69. The summed E-state index contributed by atoms with van der Waals surface area (Å²) < 4.78 is 42.1. The van der Waals surface area contributed by atoms with Gasteiger partial charge in [-0.25, -0.2) is 4.98 Å². The minimum absolute atomic E-state index is 0.0984. The highest BCUT2D eigenvalue weighted by atomic mass is 19.4. The van der Waals surface area contributed by atoms with Gasteiger partial charge < -0.3 is 4.74 Å². The van der Waals surface area contributed by atoms with Crippen molar-refractivity contribution in [3.8, 4) is 22.7 Å². The summed E-state index contributed by atoms with van der Waals surface area (Å²) in [4.78, 5) is 21.2. The lowest BCUT2D eigenvalue weighted by molar-refractivity contribution is -0.274. The number of alkyl halides is 3. The summed E-state index contributed by atoms with van der Waals surface area (Å²) in [6, 6.07) is 8.31. The van der Waals surface area contributed by atoms with E-state index in [4.69, 9.17) is 0 Å². The van der Waals surface area contributed by atoms with Crippen LogP contribution in [-0.2, 0) is 0 Å². The third-order valence-corrected chi connectivity index (χ3v) is 3.83. The molecule has 0 bridgehead atoms. The van der Waals surface area contributed by atoms with E-state index in [0.29, 0.717) is 22.5 Å². The number of halogens is 3. The average Bonchev–Trinajstić information content (AvgIpc) is 2.69. The molecule has 0 aliphatic heterocycles. The zero-order valence-corrected chi connectivity index (χ0v) is 14.0. The number of nitrogens with zero attached hydrogens (tertiary/aromatic N) is 5. The van der Waals surface area contributed by atoms with Gasteiger partial charge in [0.15, 0.2) is 5.52 Å². The zero-order valence-electron chi connectivity index (χ0n) is 14.0. The highest BCUT2D eigenvalue weighted by Gasteiger charge is 2.31. The van der Waals surface area contributed by atoms with Gasteiger partial charge >= 0.3 is 6.36 Å². The summed E-state index contributed by atoms with van der Waals surface area (Å²) >= 11 is 0. The van der Waals surface area contributed by atoms with Crippen molar-refractivity contribution in [2.75, 3.05) is 0 Å². The predicted molar refractivity (Wildman–Crippen MR) is 92.8 cm³/mol. The molecule has 28 heavy (non-hydrogen) atoms. The molecule has 0 saturated carbocycles. The molecule has 0 amide bonds. The molecule has 0 spiro atoms. The minimum atomic E-state index is -4.80. The molecule has 0 saturated heterocycles. The molecule has 3 heterocycles. The number of benzene rings is 1. The Bertz CT molecular complexity index is 1190. The van der Waals surface area contributed by atoms with Crippen LogP contribution in [0.4, 0.5) is 13.2 Å². The summed E-state index contributed by atoms with van der Waals surface area (Å²) in [7, 11) is 0. The molecule has 3 aromatic heterocycles. The van der Waals surface area contributed by atoms with E-state index >= 15 is 0 Å². The van der Waals surface area contributed by atoms with Gasteiger partial charge in [0, 0.05) is 36.0 Å². The molecule has 4 aromatic rings. The number of fused-ring (bicyclic) bond motifs is 1. The van der Waals surface area contributed by atoms with Crippen molar-refractivity contribution in [1.29, 1.82) is 0 Å². The second-order valence-corrected chi connectivity index (χ2v) is 5.62. The molecule has 7 nitrogen and oxygen atoms in total. The molecule has 0 radical (unpaired) electrons. The Morgan fingerprint density at radius 2 is 1.64 bits per heavy atom. The zero-order chi connectivity index (χ0) is 19.7. The highest BCUT2D eigenvalue weighted by Crippen LogP contribution is 2.26. The quantitative estimate of drug-likeness (QED) is 0.539. The molecule has 140 valence electrons. The molecule has 10 heteroatoms. The van der Waals surface area contributed by atoms with E-state index in [-0.39, 0.29) is 11.3 Å². The van der Waals surface area contributed by atoms with Gasteiger partial charge in [-0.2, -0.15) is 10.2 Å². The molecule has 1 aromatic carbocycles. The van der Waals surface area contributed by atoms with E-state index in [9.17, 15) is 18.0 Å². The van der Waals surface area contributed by atoms with Gasteiger partial charge in [-0.1, -0.05) is 0 Å². The number of rotatable bonds is 3. The average molecular weight is 385 g/mol. The second-order valence-electron chi connectivity index (χ2n) is 5.62. The molecule has 0 atom stereocenters. The number of pyridine rings is 1. The Labute approximate surface area is 155 Å². The van der Waals surface area contributed by atoms with Crippen LogP contribution in [0.5, 0.6) is 5.75 Å². The molecular formula is C18H10F3N5O2. The van der Waals surface area contributed by atoms with Crippen LogP contribution in [0.15, 0.2) is 66.0 Å². The van der Waals surface area contributed by atoms with E-state index in [1.165, 1.54) is 41.5 Å². The lowest BCUT2D eigenvalue weighted by Crippen LogP contribution is -2.20. The maximum absolute atomic E-state index is 12.8. The predicted octanol–water partition coefficient (Wildman–Crippen LogP) is 3.14. The SMILES string of the molecule is O=c1c2nccnc2c(-c2cccnn2)cn1-c1ccc(OC(F)(F)F)cc1. The maximum atomic E-state index is 12.8. The summed E-state index contributed by atoms with van der Waals surface area (Å²) in [5.74, 6) is -0.390. The topological polar surface area (TPSA) is 82.8 Å². The summed E-state index contributed by atoms with van der Waals surface area (Å²) in [5, 5.41) is 7.87. The Balaban J connectivity index is 1.88. The number of aromatic nitrogens is 5. The van der Waals surface area contributed by atoms with Gasteiger partial charge in [0.05, 0.1) is 5.69 Å². The van der Waals surface area contributed by atoms with Crippen LogP contribution >= 0.6 is 0 Å². The lowest BCUT2D eigenvalue weighted by atomic mass is 10.1. The molecule has 0 aliphatic rings. The molecule has 4 rings (SSSR count). The highest BCUT2D eigenvalue weighted by molar-refractivity contribution is 5.89. The van der Waals surface area contributed by atoms with Gasteiger partial charge in [0.2, 0.25) is 0 Å². The molecule has 0 N–H and O–H groups in total. The minimum Gasteiger partial charge on any atom is -0.406 e.